The summed E-state index contributed by atoms with van der Waals surface area (Å²) in [6, 6.07) is 15.1. The van der Waals surface area contributed by atoms with Crippen molar-refractivity contribution in [3.8, 4) is 0 Å². The molecule has 0 spiro atoms. The molecule has 1 unspecified atom stereocenters. The molecule has 2 aromatic carbocycles. The Hall–Kier alpha value is -3.52. The number of rotatable bonds is 4. The number of amides is 1. The number of piperidine rings is 1. The van der Waals surface area contributed by atoms with Crippen molar-refractivity contribution in [1.29, 1.82) is 0 Å². The van der Waals surface area contributed by atoms with Crippen LogP contribution >= 0.6 is 11.6 Å². The molecule has 1 saturated heterocycles. The fourth-order valence-corrected chi connectivity index (χ4v) is 4.51. The van der Waals surface area contributed by atoms with Crippen molar-refractivity contribution >= 4 is 28.7 Å². The summed E-state index contributed by atoms with van der Waals surface area (Å²) in [4.78, 5) is 35.2. The van der Waals surface area contributed by atoms with Gasteiger partial charge in [-0.2, -0.15) is 0 Å². The molecule has 9 heteroatoms. The molecule has 0 radical (unpaired) electrons. The average Bonchev–Trinajstić information content (AvgIpc) is 3.23. The van der Waals surface area contributed by atoms with Gasteiger partial charge in [-0.25, -0.2) is 9.67 Å². The Bertz CT molecular complexity index is 1400. The topological polar surface area (TPSA) is 96.8 Å². The number of H-pyrrole nitrogens is 1. The van der Waals surface area contributed by atoms with E-state index in [1.54, 1.807) is 4.68 Å². The van der Waals surface area contributed by atoms with Gasteiger partial charge in [-0.3, -0.25) is 9.59 Å². The van der Waals surface area contributed by atoms with Crippen molar-refractivity contribution in [3.63, 3.8) is 0 Å². The molecule has 1 aliphatic rings. The number of fused-ring (bicyclic) bond motifs is 1. The van der Waals surface area contributed by atoms with Gasteiger partial charge in [0.1, 0.15) is 5.82 Å². The van der Waals surface area contributed by atoms with Crippen molar-refractivity contribution in [3.05, 3.63) is 86.4 Å². The first kappa shape index (κ1) is 21.3. The number of carbonyl (C=O) groups is 1. The van der Waals surface area contributed by atoms with Crippen molar-refractivity contribution in [2.75, 3.05) is 13.1 Å². The standard InChI is InChI=1S/C24H23ClN6O2/c1-15-6-4-8-16(12-15)24(33)30-11-5-9-18(13-30)21-26-22-20(23(32)27-21)28-29-31(22)14-17-7-2-3-10-19(17)25/h2-4,6-8,10,12,18H,5,9,11,13-14H2,1H3,(H,26,27,32). The summed E-state index contributed by atoms with van der Waals surface area (Å²) in [5, 5.41) is 8.77. The lowest BCUT2D eigenvalue weighted by Crippen LogP contribution is -2.40. The Kier molecular flexibility index (Phi) is 5.68. The molecule has 0 bridgehead atoms. The van der Waals surface area contributed by atoms with Crippen molar-refractivity contribution in [1.82, 2.24) is 29.9 Å². The lowest BCUT2D eigenvalue weighted by Gasteiger charge is -2.32. The summed E-state index contributed by atoms with van der Waals surface area (Å²) in [5.74, 6) is 0.475. The molecule has 3 heterocycles. The minimum absolute atomic E-state index is 0.00254. The van der Waals surface area contributed by atoms with E-state index >= 15 is 0 Å². The summed E-state index contributed by atoms with van der Waals surface area (Å²) in [6.07, 6.45) is 1.67. The van der Waals surface area contributed by atoms with Crippen LogP contribution in [0, 0.1) is 6.92 Å². The number of nitrogens with zero attached hydrogens (tertiary/aromatic N) is 5. The minimum Gasteiger partial charge on any atom is -0.338 e. The van der Waals surface area contributed by atoms with E-state index in [4.69, 9.17) is 16.6 Å². The number of aromatic nitrogens is 5. The normalized spacial score (nSPS) is 16.3. The Morgan fingerprint density at radius 1 is 1.21 bits per heavy atom. The largest absolute Gasteiger partial charge is 0.338 e. The molecule has 2 aromatic heterocycles. The molecule has 0 saturated carbocycles. The first-order valence-electron chi connectivity index (χ1n) is 10.9. The second-order valence-corrected chi connectivity index (χ2v) is 8.83. The number of aryl methyl sites for hydroxylation is 1. The van der Waals surface area contributed by atoms with E-state index in [1.807, 2.05) is 60.4 Å². The van der Waals surface area contributed by atoms with E-state index in [2.05, 4.69) is 15.3 Å². The van der Waals surface area contributed by atoms with Gasteiger partial charge in [-0.1, -0.05) is 52.7 Å². The Morgan fingerprint density at radius 2 is 2.06 bits per heavy atom. The lowest BCUT2D eigenvalue weighted by atomic mass is 9.96. The second kappa shape index (κ2) is 8.78. The summed E-state index contributed by atoms with van der Waals surface area (Å²) in [5.41, 5.74) is 2.86. The number of hydrogen-bond acceptors (Lipinski definition) is 5. The van der Waals surface area contributed by atoms with Gasteiger partial charge in [0.15, 0.2) is 11.2 Å². The second-order valence-electron chi connectivity index (χ2n) is 8.42. The molecule has 168 valence electrons. The van der Waals surface area contributed by atoms with Crippen LogP contribution in [0.3, 0.4) is 0 Å². The molecule has 1 fully saturated rings. The van der Waals surface area contributed by atoms with Gasteiger partial charge in [-0.05, 0) is 43.5 Å². The molecule has 8 nitrogen and oxygen atoms in total. The highest BCUT2D eigenvalue weighted by Crippen LogP contribution is 2.26. The summed E-state index contributed by atoms with van der Waals surface area (Å²) < 4.78 is 1.59. The monoisotopic (exact) mass is 462 g/mol. The molecule has 1 atom stereocenters. The van der Waals surface area contributed by atoms with Gasteiger partial charge in [0, 0.05) is 29.6 Å². The molecule has 4 aromatic rings. The molecule has 33 heavy (non-hydrogen) atoms. The molecule has 5 rings (SSSR count). The number of aromatic amines is 1. The fraction of sp³-hybridized carbons (Fsp3) is 0.292. The van der Waals surface area contributed by atoms with E-state index < -0.39 is 0 Å². The van der Waals surface area contributed by atoms with E-state index in [0.717, 1.165) is 24.0 Å². The molecule has 1 amide bonds. The van der Waals surface area contributed by atoms with Crippen LogP contribution in [0.15, 0.2) is 53.3 Å². The summed E-state index contributed by atoms with van der Waals surface area (Å²) >= 11 is 6.30. The van der Waals surface area contributed by atoms with Gasteiger partial charge in [-0.15, -0.1) is 5.10 Å². The number of carbonyl (C=O) groups excluding carboxylic acids is 1. The number of halogens is 1. The maximum Gasteiger partial charge on any atom is 0.281 e. The maximum absolute atomic E-state index is 13.1. The number of benzene rings is 2. The first-order valence-corrected chi connectivity index (χ1v) is 11.3. The Balaban J connectivity index is 1.44. The molecular weight excluding hydrogens is 440 g/mol. The predicted octanol–water partition coefficient (Wildman–Crippen LogP) is 3.54. The molecule has 0 aliphatic carbocycles. The van der Waals surface area contributed by atoms with Gasteiger partial charge >= 0.3 is 0 Å². The van der Waals surface area contributed by atoms with Crippen LogP contribution in [-0.2, 0) is 6.54 Å². The number of hydrogen-bond donors (Lipinski definition) is 1. The maximum atomic E-state index is 13.1. The number of likely N-dealkylation sites (tertiary alicyclic amines) is 1. The van der Waals surface area contributed by atoms with Crippen LogP contribution in [0.2, 0.25) is 5.02 Å². The average molecular weight is 463 g/mol. The third kappa shape index (κ3) is 4.26. The van der Waals surface area contributed by atoms with Crippen LogP contribution in [0.4, 0.5) is 0 Å². The third-order valence-corrected chi connectivity index (χ3v) is 6.40. The zero-order valence-corrected chi connectivity index (χ0v) is 18.9. The van der Waals surface area contributed by atoms with E-state index in [9.17, 15) is 9.59 Å². The first-order chi connectivity index (χ1) is 16.0. The quantitative estimate of drug-likeness (QED) is 0.500. The summed E-state index contributed by atoms with van der Waals surface area (Å²) in [7, 11) is 0. The van der Waals surface area contributed by atoms with Crippen LogP contribution in [0.1, 0.15) is 46.1 Å². The summed E-state index contributed by atoms with van der Waals surface area (Å²) in [6.45, 7) is 3.50. The van der Waals surface area contributed by atoms with Gasteiger partial charge in [0.05, 0.1) is 6.54 Å². The smallest absolute Gasteiger partial charge is 0.281 e. The van der Waals surface area contributed by atoms with Crippen LogP contribution in [0.5, 0.6) is 0 Å². The predicted molar refractivity (Wildman–Crippen MR) is 126 cm³/mol. The van der Waals surface area contributed by atoms with Crippen molar-refractivity contribution < 1.29 is 4.79 Å². The van der Waals surface area contributed by atoms with E-state index in [0.29, 0.717) is 41.7 Å². The third-order valence-electron chi connectivity index (χ3n) is 6.03. The minimum atomic E-state index is -0.331. The van der Waals surface area contributed by atoms with Gasteiger partial charge in [0.2, 0.25) is 0 Å². The lowest BCUT2D eigenvalue weighted by molar-refractivity contribution is 0.0704. The van der Waals surface area contributed by atoms with Gasteiger partial charge < -0.3 is 9.88 Å². The highest BCUT2D eigenvalue weighted by Gasteiger charge is 2.28. The highest BCUT2D eigenvalue weighted by molar-refractivity contribution is 6.31. The zero-order chi connectivity index (χ0) is 22.9. The van der Waals surface area contributed by atoms with E-state index in [-0.39, 0.29) is 22.9 Å². The van der Waals surface area contributed by atoms with Crippen molar-refractivity contribution in [2.45, 2.75) is 32.2 Å². The molecule has 1 aliphatic heterocycles. The van der Waals surface area contributed by atoms with Crippen LogP contribution < -0.4 is 5.56 Å². The molecular formula is C24H23ClN6O2. The SMILES string of the molecule is Cc1cccc(C(=O)N2CCCC(c3nc4c(nnn4Cc4ccccc4Cl)c(=O)[nH]3)C2)c1. The zero-order valence-electron chi connectivity index (χ0n) is 18.2. The molecule has 1 N–H and O–H groups in total. The fourth-order valence-electron chi connectivity index (χ4n) is 4.32. The Labute approximate surface area is 195 Å². The Morgan fingerprint density at radius 3 is 2.88 bits per heavy atom. The highest BCUT2D eigenvalue weighted by atomic mass is 35.5. The van der Waals surface area contributed by atoms with Crippen LogP contribution in [-0.4, -0.2) is 48.9 Å². The van der Waals surface area contributed by atoms with Gasteiger partial charge in [0.25, 0.3) is 11.5 Å². The van der Waals surface area contributed by atoms with E-state index in [1.165, 1.54) is 0 Å². The number of nitrogens with one attached hydrogen (secondary N) is 1. The van der Waals surface area contributed by atoms with Crippen LogP contribution in [0.25, 0.3) is 11.2 Å². The van der Waals surface area contributed by atoms with Crippen molar-refractivity contribution in [2.24, 2.45) is 0 Å².